The summed E-state index contributed by atoms with van der Waals surface area (Å²) in [6, 6.07) is 6.28. The predicted octanol–water partition coefficient (Wildman–Crippen LogP) is 2.72. The fraction of sp³-hybridized carbons (Fsp3) is 0.565. The van der Waals surface area contributed by atoms with Crippen molar-refractivity contribution in [3.63, 3.8) is 0 Å². The van der Waals surface area contributed by atoms with Gasteiger partial charge < -0.3 is 20.3 Å². The van der Waals surface area contributed by atoms with Gasteiger partial charge in [0.05, 0.1) is 24.2 Å². The van der Waals surface area contributed by atoms with E-state index in [0.29, 0.717) is 24.6 Å². The van der Waals surface area contributed by atoms with Gasteiger partial charge in [0.25, 0.3) is 5.91 Å². The number of aryl methyl sites for hydroxylation is 1. The SMILES string of the molecule is Cc1nnc2c(NCCCCNC(=O)C(F)C(C)C)nc3cc(N4CCOCC4)ccc3n12. The summed E-state index contributed by atoms with van der Waals surface area (Å²) in [5, 5.41) is 14.6. The van der Waals surface area contributed by atoms with E-state index < -0.39 is 12.1 Å². The van der Waals surface area contributed by atoms with E-state index in [1.807, 2.05) is 11.3 Å². The molecule has 1 saturated heterocycles. The van der Waals surface area contributed by atoms with Crippen LogP contribution in [0.3, 0.4) is 0 Å². The first-order chi connectivity index (χ1) is 16.0. The number of rotatable bonds is 9. The molecule has 0 saturated carbocycles. The molecule has 1 aromatic carbocycles. The van der Waals surface area contributed by atoms with E-state index in [1.54, 1.807) is 13.8 Å². The summed E-state index contributed by atoms with van der Waals surface area (Å²) in [7, 11) is 0. The first kappa shape index (κ1) is 23.2. The molecule has 1 aliphatic heterocycles. The van der Waals surface area contributed by atoms with Crippen molar-refractivity contribution in [2.75, 3.05) is 49.6 Å². The van der Waals surface area contributed by atoms with Gasteiger partial charge in [0, 0.05) is 31.9 Å². The summed E-state index contributed by atoms with van der Waals surface area (Å²) >= 11 is 0. The number of unbranched alkanes of at least 4 members (excludes halogenated alkanes) is 1. The second kappa shape index (κ2) is 10.3. The lowest BCUT2D eigenvalue weighted by Crippen LogP contribution is -2.36. The van der Waals surface area contributed by atoms with E-state index in [1.165, 1.54) is 0 Å². The Kier molecular flexibility index (Phi) is 7.22. The highest BCUT2D eigenvalue weighted by Gasteiger charge is 2.20. The van der Waals surface area contributed by atoms with Gasteiger partial charge in [-0.3, -0.25) is 9.20 Å². The van der Waals surface area contributed by atoms with Crippen LogP contribution in [0, 0.1) is 12.8 Å². The molecule has 33 heavy (non-hydrogen) atoms. The quantitative estimate of drug-likeness (QED) is 0.477. The second-order valence-electron chi connectivity index (χ2n) is 8.71. The van der Waals surface area contributed by atoms with Crippen LogP contribution in [0.4, 0.5) is 15.9 Å². The predicted molar refractivity (Wildman–Crippen MR) is 127 cm³/mol. The number of morpholine rings is 1. The monoisotopic (exact) mass is 457 g/mol. The zero-order chi connectivity index (χ0) is 23.4. The molecule has 1 aliphatic rings. The molecule has 1 atom stereocenters. The Hall–Kier alpha value is -3.01. The second-order valence-corrected chi connectivity index (χ2v) is 8.71. The normalized spacial score (nSPS) is 15.4. The maximum absolute atomic E-state index is 13.7. The molecule has 9 nitrogen and oxygen atoms in total. The number of aromatic nitrogens is 4. The van der Waals surface area contributed by atoms with Gasteiger partial charge in [-0.25, -0.2) is 9.37 Å². The maximum Gasteiger partial charge on any atom is 0.254 e. The van der Waals surface area contributed by atoms with E-state index in [2.05, 4.69) is 43.9 Å². The average molecular weight is 458 g/mol. The molecule has 0 bridgehead atoms. The fourth-order valence-electron chi connectivity index (χ4n) is 3.97. The summed E-state index contributed by atoms with van der Waals surface area (Å²) in [5.41, 5.74) is 3.64. The molecule has 10 heteroatoms. The van der Waals surface area contributed by atoms with E-state index >= 15 is 0 Å². The van der Waals surface area contributed by atoms with E-state index in [9.17, 15) is 9.18 Å². The molecule has 0 radical (unpaired) electrons. The minimum absolute atomic E-state index is 0.316. The highest BCUT2D eigenvalue weighted by atomic mass is 19.1. The van der Waals surface area contributed by atoms with Crippen molar-refractivity contribution in [1.29, 1.82) is 0 Å². The maximum atomic E-state index is 13.7. The molecule has 1 fully saturated rings. The van der Waals surface area contributed by atoms with Crippen LogP contribution in [-0.2, 0) is 9.53 Å². The van der Waals surface area contributed by atoms with Gasteiger partial charge in [0.2, 0.25) is 5.65 Å². The zero-order valence-corrected chi connectivity index (χ0v) is 19.5. The van der Waals surface area contributed by atoms with Crippen molar-refractivity contribution < 1.29 is 13.9 Å². The third-order valence-electron chi connectivity index (χ3n) is 5.88. The largest absolute Gasteiger partial charge is 0.378 e. The first-order valence-electron chi connectivity index (χ1n) is 11.6. The lowest BCUT2D eigenvalue weighted by Gasteiger charge is -2.29. The van der Waals surface area contributed by atoms with Gasteiger partial charge in [-0.15, -0.1) is 10.2 Å². The highest BCUT2D eigenvalue weighted by molar-refractivity contribution is 5.85. The molecular formula is C23H32FN7O2. The summed E-state index contributed by atoms with van der Waals surface area (Å²) in [4.78, 5) is 18.9. The number of carbonyl (C=O) groups is 1. The minimum atomic E-state index is -1.46. The van der Waals surface area contributed by atoms with Crippen LogP contribution in [0.25, 0.3) is 16.7 Å². The number of nitrogens with one attached hydrogen (secondary N) is 2. The Morgan fingerprint density at radius 2 is 1.94 bits per heavy atom. The van der Waals surface area contributed by atoms with Crippen molar-refractivity contribution >= 4 is 34.1 Å². The van der Waals surface area contributed by atoms with Crippen molar-refractivity contribution in [3.8, 4) is 0 Å². The Labute approximate surface area is 192 Å². The van der Waals surface area contributed by atoms with Crippen LogP contribution in [0.5, 0.6) is 0 Å². The van der Waals surface area contributed by atoms with Crippen molar-refractivity contribution in [2.24, 2.45) is 5.92 Å². The summed E-state index contributed by atoms with van der Waals surface area (Å²) in [6.07, 6.45) is 0.0724. The van der Waals surface area contributed by atoms with Gasteiger partial charge in [-0.2, -0.15) is 0 Å². The average Bonchev–Trinajstić information content (AvgIpc) is 3.22. The lowest BCUT2D eigenvalue weighted by atomic mass is 10.1. The molecule has 2 N–H and O–H groups in total. The van der Waals surface area contributed by atoms with Crippen LogP contribution in [0.2, 0.25) is 0 Å². The molecule has 0 spiro atoms. The number of alkyl halides is 1. The molecule has 2 aromatic heterocycles. The number of amides is 1. The molecular weight excluding hydrogens is 425 g/mol. The minimum Gasteiger partial charge on any atom is -0.378 e. The number of benzene rings is 1. The number of halogens is 1. The molecule has 0 aliphatic carbocycles. The van der Waals surface area contributed by atoms with Crippen LogP contribution in [0.15, 0.2) is 18.2 Å². The first-order valence-corrected chi connectivity index (χ1v) is 11.6. The lowest BCUT2D eigenvalue weighted by molar-refractivity contribution is -0.127. The van der Waals surface area contributed by atoms with Crippen LogP contribution in [-0.4, -0.2) is 71.1 Å². The Bertz CT molecular complexity index is 1110. The van der Waals surface area contributed by atoms with Crippen LogP contribution in [0.1, 0.15) is 32.5 Å². The van der Waals surface area contributed by atoms with Crippen molar-refractivity contribution in [3.05, 3.63) is 24.0 Å². The van der Waals surface area contributed by atoms with Crippen molar-refractivity contribution in [1.82, 2.24) is 24.9 Å². The van der Waals surface area contributed by atoms with Gasteiger partial charge in [-0.05, 0) is 43.9 Å². The number of hydrogen-bond acceptors (Lipinski definition) is 7. The third kappa shape index (κ3) is 5.16. The number of carbonyl (C=O) groups excluding carboxylic acids is 1. The number of ether oxygens (including phenoxy) is 1. The smallest absolute Gasteiger partial charge is 0.254 e. The molecule has 178 valence electrons. The summed E-state index contributed by atoms with van der Waals surface area (Å²) in [6.45, 7) is 9.60. The molecule has 1 amide bonds. The standard InChI is InChI=1S/C23H32FN7O2/c1-15(2)20(24)23(32)26-9-5-4-8-25-21-22-29-28-16(3)31(22)19-7-6-17(14-18(19)27-21)30-10-12-33-13-11-30/h6-7,14-15,20H,4-5,8-13H2,1-3H3,(H,25,27)(H,26,32). The Balaban J connectivity index is 1.43. The Morgan fingerprint density at radius 3 is 2.70 bits per heavy atom. The van der Waals surface area contributed by atoms with Crippen LogP contribution >= 0.6 is 0 Å². The number of fused-ring (bicyclic) bond motifs is 3. The van der Waals surface area contributed by atoms with E-state index in [0.717, 1.165) is 61.7 Å². The van der Waals surface area contributed by atoms with Gasteiger partial charge in [0.15, 0.2) is 12.0 Å². The third-order valence-corrected chi connectivity index (χ3v) is 5.88. The zero-order valence-electron chi connectivity index (χ0n) is 19.5. The number of anilines is 2. The highest BCUT2D eigenvalue weighted by Crippen LogP contribution is 2.26. The summed E-state index contributed by atoms with van der Waals surface area (Å²) in [5.74, 6) is 0.623. The molecule has 3 aromatic rings. The number of hydrogen-bond donors (Lipinski definition) is 2. The molecule has 3 heterocycles. The van der Waals surface area contributed by atoms with Gasteiger partial charge in [-0.1, -0.05) is 13.8 Å². The van der Waals surface area contributed by atoms with E-state index in [4.69, 9.17) is 9.72 Å². The number of nitrogens with zero attached hydrogens (tertiary/aromatic N) is 5. The van der Waals surface area contributed by atoms with Gasteiger partial charge >= 0.3 is 0 Å². The topological polar surface area (TPSA) is 96.7 Å². The van der Waals surface area contributed by atoms with Crippen LogP contribution < -0.4 is 15.5 Å². The van der Waals surface area contributed by atoms with Gasteiger partial charge in [0.1, 0.15) is 5.82 Å². The molecule has 1 unspecified atom stereocenters. The summed E-state index contributed by atoms with van der Waals surface area (Å²) < 4.78 is 21.2. The fourth-order valence-corrected chi connectivity index (χ4v) is 3.97. The van der Waals surface area contributed by atoms with E-state index in [-0.39, 0.29) is 5.92 Å². The van der Waals surface area contributed by atoms with Crippen molar-refractivity contribution in [2.45, 2.75) is 39.8 Å². The Morgan fingerprint density at radius 1 is 1.18 bits per heavy atom. The molecule has 4 rings (SSSR count).